The molecule has 0 aliphatic heterocycles. The lowest BCUT2D eigenvalue weighted by Gasteiger charge is -2.38. The fourth-order valence-electron chi connectivity index (χ4n) is 2.49. The van der Waals surface area contributed by atoms with Crippen LogP contribution in [0.25, 0.3) is 0 Å². The molecule has 10 heteroatoms. The van der Waals surface area contributed by atoms with Gasteiger partial charge in [-0.25, -0.2) is 17.6 Å². The first-order valence-corrected chi connectivity index (χ1v) is 6.37. The summed E-state index contributed by atoms with van der Waals surface area (Å²) in [5.74, 6) is -7.41. The van der Waals surface area contributed by atoms with Crippen LogP contribution in [0.2, 0.25) is 0 Å². The number of hydrogen-bond acceptors (Lipinski definition) is 0. The van der Waals surface area contributed by atoms with Gasteiger partial charge in [-0.2, -0.15) is 26.3 Å². The summed E-state index contributed by atoms with van der Waals surface area (Å²) in [7, 11) is 0. The van der Waals surface area contributed by atoms with Crippen molar-refractivity contribution in [1.82, 2.24) is 0 Å². The lowest BCUT2D eigenvalue weighted by atomic mass is 9.72. The highest BCUT2D eigenvalue weighted by molar-refractivity contribution is 5.45. The summed E-state index contributed by atoms with van der Waals surface area (Å²) in [5, 5.41) is 0. The largest absolute Gasteiger partial charge is 0.411 e. The van der Waals surface area contributed by atoms with Gasteiger partial charge in [0, 0.05) is 11.1 Å². The Labute approximate surface area is 133 Å². The topological polar surface area (TPSA) is 0 Å². The number of alkyl halides is 6. The van der Waals surface area contributed by atoms with Crippen molar-refractivity contribution in [3.8, 4) is 0 Å². The van der Waals surface area contributed by atoms with Gasteiger partial charge in [0.25, 0.3) is 0 Å². The van der Waals surface area contributed by atoms with Gasteiger partial charge in [-0.15, -0.1) is 0 Å². The first-order chi connectivity index (χ1) is 11.3. The summed E-state index contributed by atoms with van der Waals surface area (Å²) in [4.78, 5) is 0. The molecular weight excluding hydrogens is 370 g/mol. The van der Waals surface area contributed by atoms with Crippen molar-refractivity contribution in [1.29, 1.82) is 0 Å². The van der Waals surface area contributed by atoms with Crippen LogP contribution in [-0.4, -0.2) is 12.4 Å². The lowest BCUT2D eigenvalue weighted by molar-refractivity contribution is -0.290. The summed E-state index contributed by atoms with van der Waals surface area (Å²) in [5.41, 5.74) is -9.76. The molecule has 136 valence electrons. The quantitative estimate of drug-likeness (QED) is 0.594. The van der Waals surface area contributed by atoms with Crippen LogP contribution in [0.3, 0.4) is 0 Å². The maximum Gasteiger partial charge on any atom is 0.411 e. The molecule has 2 rings (SSSR count). The van der Waals surface area contributed by atoms with Gasteiger partial charge in [0.15, 0.2) is 0 Å². The van der Waals surface area contributed by atoms with Crippen molar-refractivity contribution in [2.24, 2.45) is 0 Å². The third kappa shape index (κ3) is 2.93. The van der Waals surface area contributed by atoms with Crippen LogP contribution < -0.4 is 0 Å². The smallest absolute Gasteiger partial charge is 0.207 e. The summed E-state index contributed by atoms with van der Waals surface area (Å²) in [6.45, 7) is 0. The highest BCUT2D eigenvalue weighted by atomic mass is 19.4. The summed E-state index contributed by atoms with van der Waals surface area (Å²) >= 11 is 0. The molecule has 0 radical (unpaired) electrons. The molecule has 0 saturated carbocycles. The van der Waals surface area contributed by atoms with Gasteiger partial charge < -0.3 is 0 Å². The summed E-state index contributed by atoms with van der Waals surface area (Å²) < 4.78 is 136. The molecule has 0 aliphatic carbocycles. The minimum absolute atomic E-state index is 0.0358. The van der Waals surface area contributed by atoms with E-state index in [1.807, 2.05) is 0 Å². The molecule has 0 nitrogen and oxygen atoms in total. The number of rotatable bonds is 2. The zero-order valence-corrected chi connectivity index (χ0v) is 11.7. The maximum absolute atomic E-state index is 13.9. The maximum atomic E-state index is 13.9. The van der Waals surface area contributed by atoms with Gasteiger partial charge in [-0.3, -0.25) is 0 Å². The van der Waals surface area contributed by atoms with E-state index in [4.69, 9.17) is 0 Å². The molecule has 25 heavy (non-hydrogen) atoms. The van der Waals surface area contributed by atoms with Gasteiger partial charge in [-0.05, 0) is 36.4 Å². The van der Waals surface area contributed by atoms with Crippen LogP contribution in [0.4, 0.5) is 43.9 Å². The Morgan fingerprint density at radius 1 is 0.520 bits per heavy atom. The van der Waals surface area contributed by atoms with Gasteiger partial charge in [0.2, 0.25) is 5.41 Å². The van der Waals surface area contributed by atoms with E-state index >= 15 is 0 Å². The monoisotopic (exact) mass is 376 g/mol. The fourth-order valence-corrected chi connectivity index (χ4v) is 2.49. The molecule has 0 heterocycles. The summed E-state index contributed by atoms with van der Waals surface area (Å²) in [6.07, 6.45) is -12.7. The Morgan fingerprint density at radius 3 is 1.12 bits per heavy atom. The molecule has 0 amide bonds. The van der Waals surface area contributed by atoms with E-state index in [0.29, 0.717) is 0 Å². The molecule has 0 aliphatic rings. The van der Waals surface area contributed by atoms with E-state index in [0.717, 1.165) is 0 Å². The van der Waals surface area contributed by atoms with Gasteiger partial charge in [0.05, 0.1) is 0 Å². The van der Waals surface area contributed by atoms with Crippen molar-refractivity contribution in [2.75, 3.05) is 0 Å². The van der Waals surface area contributed by atoms with E-state index in [-0.39, 0.29) is 36.4 Å². The molecule has 0 unspecified atom stereocenters. The van der Waals surface area contributed by atoms with E-state index in [1.165, 1.54) is 0 Å². The molecule has 2 aromatic carbocycles. The second-order valence-electron chi connectivity index (χ2n) is 4.99. The van der Waals surface area contributed by atoms with E-state index < -0.39 is 52.2 Å². The zero-order chi connectivity index (χ0) is 19.2. The lowest BCUT2D eigenvalue weighted by Crippen LogP contribution is -2.55. The highest BCUT2D eigenvalue weighted by Gasteiger charge is 2.74. The van der Waals surface area contributed by atoms with Crippen LogP contribution in [0.1, 0.15) is 11.1 Å². The van der Waals surface area contributed by atoms with Gasteiger partial charge in [-0.1, -0.05) is 0 Å². The minimum atomic E-state index is -6.37. The van der Waals surface area contributed by atoms with Gasteiger partial charge in [0.1, 0.15) is 23.3 Å². The molecule has 2 aromatic rings. The van der Waals surface area contributed by atoms with Crippen molar-refractivity contribution in [3.63, 3.8) is 0 Å². The zero-order valence-electron chi connectivity index (χ0n) is 11.7. The molecule has 0 N–H and O–H groups in total. The van der Waals surface area contributed by atoms with Crippen molar-refractivity contribution < 1.29 is 43.9 Å². The van der Waals surface area contributed by atoms with Crippen LogP contribution in [0.5, 0.6) is 0 Å². The SMILES string of the molecule is Fc1ccc(F)c(C(c2cc(F)ccc2F)(C(F)(F)F)C(F)(F)F)c1. The average molecular weight is 376 g/mol. The van der Waals surface area contributed by atoms with Crippen molar-refractivity contribution >= 4 is 0 Å². The summed E-state index contributed by atoms with van der Waals surface area (Å²) in [6, 6.07) is -0.0416. The number of hydrogen-bond donors (Lipinski definition) is 0. The van der Waals surface area contributed by atoms with Crippen LogP contribution in [0.15, 0.2) is 36.4 Å². The average Bonchev–Trinajstić information content (AvgIpc) is 2.44. The molecule has 0 atom stereocenters. The van der Waals surface area contributed by atoms with E-state index in [2.05, 4.69) is 0 Å². The third-order valence-electron chi connectivity index (χ3n) is 3.52. The predicted molar refractivity (Wildman–Crippen MR) is 65.6 cm³/mol. The second kappa shape index (κ2) is 5.92. The minimum Gasteiger partial charge on any atom is -0.207 e. The van der Waals surface area contributed by atoms with Crippen molar-refractivity contribution in [3.05, 3.63) is 70.8 Å². The second-order valence-corrected chi connectivity index (χ2v) is 4.99. The van der Waals surface area contributed by atoms with E-state index in [9.17, 15) is 43.9 Å². The third-order valence-corrected chi connectivity index (χ3v) is 3.52. The first-order valence-electron chi connectivity index (χ1n) is 6.37. The Kier molecular flexibility index (Phi) is 4.52. The van der Waals surface area contributed by atoms with Crippen LogP contribution >= 0.6 is 0 Å². The number of halogens is 10. The molecule has 0 aromatic heterocycles. The fraction of sp³-hybridized carbons (Fsp3) is 0.200. The Hall–Kier alpha value is -2.26. The van der Waals surface area contributed by atoms with Gasteiger partial charge >= 0.3 is 12.4 Å². The molecule has 0 fully saturated rings. The van der Waals surface area contributed by atoms with E-state index in [1.54, 1.807) is 0 Å². The molecule has 0 bridgehead atoms. The van der Waals surface area contributed by atoms with Crippen LogP contribution in [-0.2, 0) is 5.41 Å². The molecule has 0 saturated heterocycles. The first kappa shape index (κ1) is 19.1. The Morgan fingerprint density at radius 2 is 0.840 bits per heavy atom. The van der Waals surface area contributed by atoms with Crippen molar-refractivity contribution in [2.45, 2.75) is 17.8 Å². The van der Waals surface area contributed by atoms with Crippen LogP contribution in [0, 0.1) is 23.3 Å². The Balaban J connectivity index is 3.08. The Bertz CT molecular complexity index is 720. The molecular formula is C15H6F10. The normalized spacial score (nSPS) is 13.2. The predicted octanol–water partition coefficient (Wildman–Crippen LogP) is 5.65. The standard InChI is InChI=1S/C15H6F10/c16-7-1-3-11(18)9(5-7)13(14(20,21)22,15(23,24)25)10-6-8(17)2-4-12(10)19/h1-6H. The molecule has 0 spiro atoms. The highest BCUT2D eigenvalue weighted by Crippen LogP contribution is 2.57. The number of benzene rings is 2.